The number of benzene rings is 2. The van der Waals surface area contributed by atoms with Crippen molar-refractivity contribution in [2.75, 3.05) is 0 Å². The predicted molar refractivity (Wildman–Crippen MR) is 67.8 cm³/mol. The molecule has 0 amide bonds. The lowest BCUT2D eigenvalue weighted by molar-refractivity contribution is 0.616. The topological polar surface area (TPSA) is 0 Å². The van der Waals surface area contributed by atoms with E-state index in [1.54, 1.807) is 24.3 Å². The Hall–Kier alpha value is -1.35. The smallest absolute Gasteiger partial charge is 0.127 e. The van der Waals surface area contributed by atoms with Crippen LogP contribution in [0.15, 0.2) is 48.5 Å². The van der Waals surface area contributed by atoms with Crippen LogP contribution in [0, 0.1) is 11.6 Å². The predicted octanol–water partition coefficient (Wildman–Crippen LogP) is 4.40. The molecule has 0 aromatic heterocycles. The van der Waals surface area contributed by atoms with E-state index < -0.39 is 0 Å². The summed E-state index contributed by atoms with van der Waals surface area (Å²) in [7, 11) is 0. The van der Waals surface area contributed by atoms with E-state index in [1.165, 1.54) is 23.9 Å². The van der Waals surface area contributed by atoms with Crippen LogP contribution >= 0.6 is 11.8 Å². The Bertz CT molecular complexity index is 452. The highest BCUT2D eigenvalue weighted by molar-refractivity contribution is 7.97. The van der Waals surface area contributed by atoms with Crippen LogP contribution in [0.4, 0.5) is 8.78 Å². The Morgan fingerprint density at radius 3 is 1.53 bits per heavy atom. The van der Waals surface area contributed by atoms with Gasteiger partial charge < -0.3 is 0 Å². The van der Waals surface area contributed by atoms with Crippen molar-refractivity contribution in [2.45, 2.75) is 11.5 Å². The zero-order chi connectivity index (χ0) is 12.1. The van der Waals surface area contributed by atoms with Gasteiger partial charge in [-0.3, -0.25) is 0 Å². The first kappa shape index (κ1) is 12.1. The zero-order valence-electron chi connectivity index (χ0n) is 9.20. The van der Waals surface area contributed by atoms with Gasteiger partial charge in [0.25, 0.3) is 0 Å². The van der Waals surface area contributed by atoms with E-state index in [1.807, 2.05) is 12.1 Å². The molecular weight excluding hydrogens is 238 g/mol. The number of hydrogen-bond acceptors (Lipinski definition) is 1. The molecule has 0 nitrogen and oxygen atoms in total. The Balaban J connectivity index is 1.93. The average Bonchev–Trinajstić information content (AvgIpc) is 2.34. The molecule has 0 heterocycles. The summed E-state index contributed by atoms with van der Waals surface area (Å²) in [4.78, 5) is 0. The molecule has 0 radical (unpaired) electrons. The fourth-order valence-corrected chi connectivity index (χ4v) is 2.51. The molecule has 0 aliphatic carbocycles. The van der Waals surface area contributed by atoms with Crippen molar-refractivity contribution in [3.05, 3.63) is 71.3 Å². The monoisotopic (exact) mass is 250 g/mol. The van der Waals surface area contributed by atoms with Crippen LogP contribution in [0.3, 0.4) is 0 Å². The van der Waals surface area contributed by atoms with Crippen LogP contribution in [0.5, 0.6) is 0 Å². The summed E-state index contributed by atoms with van der Waals surface area (Å²) in [5, 5.41) is 0. The standard InChI is InChI=1S/C14H12F2S/c15-13-7-3-1-5-11(13)9-17-10-12-6-2-4-8-14(12)16/h1-8H,9-10H2. The zero-order valence-corrected chi connectivity index (χ0v) is 10.0. The Labute approximate surface area is 104 Å². The van der Waals surface area contributed by atoms with Gasteiger partial charge in [-0.05, 0) is 23.3 Å². The first-order valence-corrected chi connectivity index (χ1v) is 6.47. The van der Waals surface area contributed by atoms with Gasteiger partial charge in [-0.15, -0.1) is 0 Å². The van der Waals surface area contributed by atoms with Gasteiger partial charge in [-0.2, -0.15) is 11.8 Å². The van der Waals surface area contributed by atoms with E-state index in [0.717, 1.165) is 0 Å². The third-order valence-corrected chi connectivity index (χ3v) is 3.46. The quantitative estimate of drug-likeness (QED) is 0.775. The molecule has 0 aliphatic heterocycles. The second-order valence-corrected chi connectivity index (χ2v) is 4.66. The molecule has 0 saturated carbocycles. The second kappa shape index (κ2) is 5.82. The van der Waals surface area contributed by atoms with E-state index in [4.69, 9.17) is 0 Å². The van der Waals surface area contributed by atoms with Crippen molar-refractivity contribution < 1.29 is 8.78 Å². The Morgan fingerprint density at radius 1 is 0.706 bits per heavy atom. The van der Waals surface area contributed by atoms with Crippen LogP contribution in [0.2, 0.25) is 0 Å². The number of thioether (sulfide) groups is 1. The Morgan fingerprint density at radius 2 is 1.12 bits per heavy atom. The van der Waals surface area contributed by atoms with Gasteiger partial charge in [0, 0.05) is 11.5 Å². The largest absolute Gasteiger partial charge is 0.207 e. The normalized spacial score (nSPS) is 10.5. The van der Waals surface area contributed by atoms with Crippen LogP contribution < -0.4 is 0 Å². The SMILES string of the molecule is Fc1ccccc1CSCc1ccccc1F. The molecular formula is C14H12F2S. The van der Waals surface area contributed by atoms with Gasteiger partial charge in [0.15, 0.2) is 0 Å². The molecule has 0 fully saturated rings. The summed E-state index contributed by atoms with van der Waals surface area (Å²) in [6, 6.07) is 13.3. The van der Waals surface area contributed by atoms with Crippen molar-refractivity contribution in [2.24, 2.45) is 0 Å². The van der Waals surface area contributed by atoms with Gasteiger partial charge in [-0.1, -0.05) is 36.4 Å². The number of hydrogen-bond donors (Lipinski definition) is 0. The molecule has 0 spiro atoms. The Kier molecular flexibility index (Phi) is 4.15. The first-order chi connectivity index (χ1) is 8.27. The molecule has 2 aromatic carbocycles. The molecule has 2 rings (SSSR count). The summed E-state index contributed by atoms with van der Waals surface area (Å²) in [6.45, 7) is 0. The molecule has 3 heteroatoms. The highest BCUT2D eigenvalue weighted by Gasteiger charge is 2.03. The van der Waals surface area contributed by atoms with Crippen molar-refractivity contribution >= 4 is 11.8 Å². The molecule has 0 N–H and O–H groups in total. The summed E-state index contributed by atoms with van der Waals surface area (Å²) >= 11 is 1.51. The number of rotatable bonds is 4. The minimum absolute atomic E-state index is 0.200. The maximum atomic E-state index is 13.3. The molecule has 0 bridgehead atoms. The maximum absolute atomic E-state index is 13.3. The van der Waals surface area contributed by atoms with Crippen LogP contribution in [0.1, 0.15) is 11.1 Å². The number of halogens is 2. The minimum Gasteiger partial charge on any atom is -0.207 e. The van der Waals surface area contributed by atoms with Gasteiger partial charge in [0.2, 0.25) is 0 Å². The summed E-state index contributed by atoms with van der Waals surface area (Å²) < 4.78 is 26.6. The fraction of sp³-hybridized carbons (Fsp3) is 0.143. The van der Waals surface area contributed by atoms with Gasteiger partial charge >= 0.3 is 0 Å². The van der Waals surface area contributed by atoms with E-state index >= 15 is 0 Å². The van der Waals surface area contributed by atoms with Crippen molar-refractivity contribution in [3.8, 4) is 0 Å². The highest BCUT2D eigenvalue weighted by atomic mass is 32.2. The summed E-state index contributed by atoms with van der Waals surface area (Å²) in [6.07, 6.45) is 0. The molecule has 0 atom stereocenters. The van der Waals surface area contributed by atoms with Crippen LogP contribution in [-0.2, 0) is 11.5 Å². The van der Waals surface area contributed by atoms with E-state index in [-0.39, 0.29) is 11.6 Å². The van der Waals surface area contributed by atoms with E-state index in [9.17, 15) is 8.78 Å². The third-order valence-electron chi connectivity index (χ3n) is 2.43. The van der Waals surface area contributed by atoms with E-state index in [0.29, 0.717) is 22.6 Å². The molecule has 0 saturated heterocycles. The maximum Gasteiger partial charge on any atom is 0.127 e. The first-order valence-electron chi connectivity index (χ1n) is 5.32. The van der Waals surface area contributed by atoms with Crippen LogP contribution in [-0.4, -0.2) is 0 Å². The van der Waals surface area contributed by atoms with Gasteiger partial charge in [0.1, 0.15) is 11.6 Å². The molecule has 0 aliphatic rings. The highest BCUT2D eigenvalue weighted by Crippen LogP contribution is 2.20. The lowest BCUT2D eigenvalue weighted by Gasteiger charge is -2.04. The van der Waals surface area contributed by atoms with E-state index in [2.05, 4.69) is 0 Å². The van der Waals surface area contributed by atoms with Gasteiger partial charge in [0.05, 0.1) is 0 Å². The summed E-state index contributed by atoms with van der Waals surface area (Å²) in [5.74, 6) is 0.712. The van der Waals surface area contributed by atoms with Crippen molar-refractivity contribution in [3.63, 3.8) is 0 Å². The molecule has 0 unspecified atom stereocenters. The minimum atomic E-state index is -0.200. The van der Waals surface area contributed by atoms with Crippen molar-refractivity contribution in [1.29, 1.82) is 0 Å². The molecule has 88 valence electrons. The molecule has 2 aromatic rings. The van der Waals surface area contributed by atoms with Gasteiger partial charge in [-0.25, -0.2) is 8.78 Å². The second-order valence-electron chi connectivity index (χ2n) is 3.68. The molecule has 17 heavy (non-hydrogen) atoms. The lowest BCUT2D eigenvalue weighted by atomic mass is 10.2. The van der Waals surface area contributed by atoms with Crippen LogP contribution in [0.25, 0.3) is 0 Å². The summed E-state index contributed by atoms with van der Waals surface area (Å²) in [5.41, 5.74) is 1.32. The average molecular weight is 250 g/mol. The lowest BCUT2D eigenvalue weighted by Crippen LogP contribution is -1.90. The fourth-order valence-electron chi connectivity index (χ4n) is 1.50. The third kappa shape index (κ3) is 3.30. The van der Waals surface area contributed by atoms with Crippen molar-refractivity contribution in [1.82, 2.24) is 0 Å².